The number of aryl methyl sites for hydroxylation is 1. The number of hydrogen-bond donors (Lipinski definition) is 1. The van der Waals surface area contributed by atoms with E-state index in [9.17, 15) is 9.59 Å². The Balaban J connectivity index is 1.46. The van der Waals surface area contributed by atoms with Crippen LogP contribution >= 0.6 is 11.8 Å². The Kier molecular flexibility index (Phi) is 6.40. The molecule has 3 amide bonds. The van der Waals surface area contributed by atoms with Crippen molar-refractivity contribution < 1.29 is 9.59 Å². The lowest BCUT2D eigenvalue weighted by Gasteiger charge is -2.37. The molecule has 9 nitrogen and oxygen atoms in total. The number of fused-ring (bicyclic) bond motifs is 1. The summed E-state index contributed by atoms with van der Waals surface area (Å²) in [6.07, 6.45) is 6.89. The number of thioether (sulfide) groups is 1. The van der Waals surface area contributed by atoms with Crippen molar-refractivity contribution in [2.75, 3.05) is 32.4 Å². The third kappa shape index (κ3) is 4.38. The number of hydrogen-bond acceptors (Lipinski definition) is 8. The van der Waals surface area contributed by atoms with Gasteiger partial charge in [-0.3, -0.25) is 10.1 Å². The van der Waals surface area contributed by atoms with Crippen LogP contribution in [-0.2, 0) is 4.79 Å². The zero-order valence-electron chi connectivity index (χ0n) is 17.6. The summed E-state index contributed by atoms with van der Waals surface area (Å²) in [4.78, 5) is 44.4. The first kappa shape index (κ1) is 20.9. The molecule has 1 aromatic heterocycles. The summed E-state index contributed by atoms with van der Waals surface area (Å²) in [5, 5.41) is 3.25. The number of carbonyl (C=O) groups is 2. The Morgan fingerprint density at radius 2 is 1.97 bits per heavy atom. The smallest absolute Gasteiger partial charge is 0.325 e. The average Bonchev–Trinajstić information content (AvgIpc) is 2.90. The number of imide groups is 1. The van der Waals surface area contributed by atoms with Crippen LogP contribution < -0.4 is 5.32 Å². The van der Waals surface area contributed by atoms with Crippen molar-refractivity contribution in [3.05, 3.63) is 18.0 Å². The Labute approximate surface area is 181 Å². The molecule has 2 unspecified atom stereocenters. The Bertz CT molecular complexity index is 825. The molecule has 4 heterocycles. The topological polar surface area (TPSA) is 94.0 Å². The lowest BCUT2D eigenvalue weighted by Crippen LogP contribution is -2.64. The van der Waals surface area contributed by atoms with Gasteiger partial charge in [-0.15, -0.1) is 0 Å². The second-order valence-electron chi connectivity index (χ2n) is 7.97. The molecule has 2 fully saturated rings. The molecule has 0 aliphatic carbocycles. The van der Waals surface area contributed by atoms with Crippen LogP contribution in [0.2, 0.25) is 0 Å². The number of likely N-dealkylation sites (N-methyl/N-ethyl adjacent to an activating group) is 1. The summed E-state index contributed by atoms with van der Waals surface area (Å²) in [5.41, 5.74) is 0.956. The zero-order chi connectivity index (χ0) is 21.1. The second kappa shape index (κ2) is 9.20. The minimum absolute atomic E-state index is 0.258. The fraction of sp³-hybridized carbons (Fsp3) is 0.650. The maximum Gasteiger partial charge on any atom is 0.325 e. The molecule has 0 aromatic carbocycles. The highest BCUT2D eigenvalue weighted by molar-refractivity contribution is 7.99. The molecule has 3 aliphatic heterocycles. The first-order valence-corrected chi connectivity index (χ1v) is 11.6. The first-order valence-electron chi connectivity index (χ1n) is 10.6. The SMILES string of the molecule is Cc1ccnc(SCCCN2C(N3CCCCCC3)=NC3C2C(=O)NC(=O)N3C)n1. The molecule has 1 N–H and O–H groups in total. The Morgan fingerprint density at radius 1 is 1.20 bits per heavy atom. The quantitative estimate of drug-likeness (QED) is 0.431. The van der Waals surface area contributed by atoms with Gasteiger partial charge in [-0.05, 0) is 32.3 Å². The van der Waals surface area contributed by atoms with Crippen LogP contribution in [0.4, 0.5) is 4.79 Å². The van der Waals surface area contributed by atoms with E-state index >= 15 is 0 Å². The molecule has 1 aromatic rings. The number of aromatic nitrogens is 2. The summed E-state index contributed by atoms with van der Waals surface area (Å²) in [5.74, 6) is 1.45. The van der Waals surface area contributed by atoms with Gasteiger partial charge >= 0.3 is 6.03 Å². The molecule has 162 valence electrons. The van der Waals surface area contributed by atoms with Crippen molar-refractivity contribution in [2.45, 2.75) is 56.4 Å². The number of urea groups is 1. The maximum atomic E-state index is 12.7. The van der Waals surface area contributed by atoms with Crippen LogP contribution in [0.1, 0.15) is 37.8 Å². The van der Waals surface area contributed by atoms with Gasteiger partial charge in [-0.2, -0.15) is 0 Å². The molecule has 30 heavy (non-hydrogen) atoms. The third-order valence-electron chi connectivity index (χ3n) is 5.77. The van der Waals surface area contributed by atoms with Crippen molar-refractivity contribution in [3.8, 4) is 0 Å². The van der Waals surface area contributed by atoms with Crippen LogP contribution in [0, 0.1) is 6.92 Å². The summed E-state index contributed by atoms with van der Waals surface area (Å²) < 4.78 is 0. The molecular formula is C20H29N7O2S. The molecule has 0 saturated carbocycles. The normalized spacial score (nSPS) is 24.5. The molecule has 0 bridgehead atoms. The first-order chi connectivity index (χ1) is 14.5. The molecule has 4 rings (SSSR count). The summed E-state index contributed by atoms with van der Waals surface area (Å²) in [6.45, 7) is 4.55. The molecule has 2 saturated heterocycles. The fourth-order valence-electron chi connectivity index (χ4n) is 4.18. The predicted octanol–water partition coefficient (Wildman–Crippen LogP) is 1.69. The number of nitrogens with zero attached hydrogens (tertiary/aromatic N) is 6. The second-order valence-corrected chi connectivity index (χ2v) is 9.03. The summed E-state index contributed by atoms with van der Waals surface area (Å²) in [7, 11) is 1.71. The van der Waals surface area contributed by atoms with Crippen molar-refractivity contribution in [3.63, 3.8) is 0 Å². The maximum absolute atomic E-state index is 12.7. The molecule has 0 radical (unpaired) electrons. The van der Waals surface area contributed by atoms with E-state index in [0.29, 0.717) is 6.54 Å². The van der Waals surface area contributed by atoms with E-state index in [1.165, 1.54) is 12.8 Å². The van der Waals surface area contributed by atoms with Crippen molar-refractivity contribution >= 4 is 29.7 Å². The number of aliphatic imine (C=N–C) groups is 1. The highest BCUT2D eigenvalue weighted by Crippen LogP contribution is 2.27. The molecular weight excluding hydrogens is 402 g/mol. The Hall–Kier alpha value is -2.36. The average molecular weight is 432 g/mol. The number of rotatable bonds is 5. The van der Waals surface area contributed by atoms with Gasteiger partial charge in [-0.25, -0.2) is 19.8 Å². The monoisotopic (exact) mass is 431 g/mol. The van der Waals surface area contributed by atoms with Crippen molar-refractivity contribution in [2.24, 2.45) is 4.99 Å². The van der Waals surface area contributed by atoms with E-state index in [4.69, 9.17) is 4.99 Å². The molecule has 3 aliphatic rings. The van der Waals surface area contributed by atoms with E-state index in [0.717, 1.165) is 54.9 Å². The molecule has 2 atom stereocenters. The Morgan fingerprint density at radius 3 is 2.70 bits per heavy atom. The number of guanidine groups is 1. The summed E-state index contributed by atoms with van der Waals surface area (Å²) in [6, 6.07) is 1.04. The minimum atomic E-state index is -0.467. The van der Waals surface area contributed by atoms with E-state index < -0.39 is 12.2 Å². The molecule has 10 heteroatoms. The van der Waals surface area contributed by atoms with Gasteiger partial charge in [-0.1, -0.05) is 24.6 Å². The minimum Gasteiger partial charge on any atom is -0.343 e. The van der Waals surface area contributed by atoms with Gasteiger partial charge in [0.05, 0.1) is 0 Å². The van der Waals surface area contributed by atoms with Crippen LogP contribution in [-0.4, -0.2) is 87.2 Å². The van der Waals surface area contributed by atoms with Gasteiger partial charge in [0.1, 0.15) is 0 Å². The van der Waals surface area contributed by atoms with E-state index in [2.05, 4.69) is 25.1 Å². The zero-order valence-corrected chi connectivity index (χ0v) is 18.4. The predicted molar refractivity (Wildman–Crippen MR) is 115 cm³/mol. The number of carbonyl (C=O) groups excluding carboxylic acids is 2. The lowest BCUT2D eigenvalue weighted by atomic mass is 10.1. The van der Waals surface area contributed by atoms with E-state index in [-0.39, 0.29) is 11.9 Å². The number of nitrogens with one attached hydrogen (secondary N) is 1. The van der Waals surface area contributed by atoms with Gasteiger partial charge in [0.2, 0.25) is 0 Å². The van der Waals surface area contributed by atoms with Gasteiger partial charge in [0.25, 0.3) is 5.91 Å². The molecule has 0 spiro atoms. The van der Waals surface area contributed by atoms with E-state index in [1.54, 1.807) is 29.9 Å². The van der Waals surface area contributed by atoms with Crippen LogP contribution in [0.5, 0.6) is 0 Å². The van der Waals surface area contributed by atoms with Gasteiger partial charge in [0, 0.05) is 44.3 Å². The van der Waals surface area contributed by atoms with Crippen molar-refractivity contribution in [1.29, 1.82) is 0 Å². The van der Waals surface area contributed by atoms with Gasteiger partial charge in [0.15, 0.2) is 23.3 Å². The lowest BCUT2D eigenvalue weighted by molar-refractivity contribution is -0.127. The van der Waals surface area contributed by atoms with Crippen LogP contribution in [0.3, 0.4) is 0 Å². The highest BCUT2D eigenvalue weighted by atomic mass is 32.2. The standard InChI is InChI=1S/C20H29N7O2S/c1-14-8-9-21-18(22-14)30-13-7-12-27-15-16(25(2)20(29)24-17(15)28)23-19(27)26-10-5-3-4-6-11-26/h8-9,15-16H,3-7,10-13H2,1-2H3,(H,24,28,29). The fourth-order valence-corrected chi connectivity index (χ4v) is 4.98. The number of likely N-dealkylation sites (tertiary alicyclic amines) is 1. The van der Waals surface area contributed by atoms with Crippen LogP contribution in [0.15, 0.2) is 22.4 Å². The largest absolute Gasteiger partial charge is 0.343 e. The van der Waals surface area contributed by atoms with E-state index in [1.807, 2.05) is 13.0 Å². The third-order valence-corrected chi connectivity index (χ3v) is 6.72. The summed E-state index contributed by atoms with van der Waals surface area (Å²) >= 11 is 1.62. The highest BCUT2D eigenvalue weighted by Gasteiger charge is 2.49. The van der Waals surface area contributed by atoms with Gasteiger partial charge < -0.3 is 14.7 Å². The van der Waals surface area contributed by atoms with Crippen LogP contribution in [0.25, 0.3) is 0 Å². The van der Waals surface area contributed by atoms with Crippen molar-refractivity contribution in [1.82, 2.24) is 30.0 Å². The number of amides is 3.